The maximum atomic E-state index is 6.48. The van der Waals surface area contributed by atoms with E-state index in [9.17, 15) is 0 Å². The molecule has 0 amide bonds. The van der Waals surface area contributed by atoms with Gasteiger partial charge in [-0.3, -0.25) is 0 Å². The molecule has 1 heterocycles. The van der Waals surface area contributed by atoms with Crippen LogP contribution in [0.4, 0.5) is 0 Å². The SMILES string of the molecule is Bc1c(B)c(B)c2c(-c3ccc4cc(-c5cc(B6OC(C)(C)C(C)(C)O6)ccc5-c5ccccc5)ccc4c3)c(B)c(B)c(B)c2c1B. The van der Waals surface area contributed by atoms with E-state index < -0.39 is 18.3 Å². The van der Waals surface area contributed by atoms with Crippen LogP contribution < -0.4 is 43.7 Å². The third-order valence-electron chi connectivity index (χ3n) is 11.9. The molecule has 6 aromatic carbocycles. The van der Waals surface area contributed by atoms with Gasteiger partial charge in [-0.05, 0) is 100 Å². The lowest BCUT2D eigenvalue weighted by atomic mass is 9.59. The summed E-state index contributed by atoms with van der Waals surface area (Å²) in [6.45, 7) is 8.43. The summed E-state index contributed by atoms with van der Waals surface area (Å²) in [5, 5.41) is 5.28. The summed E-state index contributed by atoms with van der Waals surface area (Å²) in [4.78, 5) is 0. The Bertz CT molecular complexity index is 2260. The van der Waals surface area contributed by atoms with Gasteiger partial charge < -0.3 is 9.31 Å². The quantitative estimate of drug-likeness (QED) is 0.199. The molecule has 10 heteroatoms. The van der Waals surface area contributed by atoms with Gasteiger partial charge >= 0.3 is 7.12 Å². The predicted molar refractivity (Wildman–Crippen MR) is 231 cm³/mol. The zero-order valence-corrected chi connectivity index (χ0v) is 30.5. The molecular weight excluding hydrogens is 575 g/mol. The lowest BCUT2D eigenvalue weighted by molar-refractivity contribution is 0.00578. The Morgan fingerprint density at radius 1 is 0.458 bits per heavy atom. The first kappa shape index (κ1) is 32.8. The van der Waals surface area contributed by atoms with Crippen LogP contribution in [0.3, 0.4) is 0 Å². The first-order chi connectivity index (χ1) is 22.7. The predicted octanol–water partition coefficient (Wildman–Crippen LogP) is -2.90. The number of rotatable bonds is 4. The Kier molecular flexibility index (Phi) is 8.00. The van der Waals surface area contributed by atoms with Crippen LogP contribution in [0.15, 0.2) is 84.9 Å². The van der Waals surface area contributed by atoms with Crippen LogP contribution in [-0.2, 0) is 9.31 Å². The van der Waals surface area contributed by atoms with E-state index in [-0.39, 0.29) is 0 Å². The van der Waals surface area contributed by atoms with E-state index in [0.29, 0.717) is 0 Å². The van der Waals surface area contributed by atoms with E-state index >= 15 is 0 Å². The molecule has 1 aliphatic heterocycles. The zero-order valence-electron chi connectivity index (χ0n) is 30.5. The standard InChI is InChI=1S/C38H40B8O2/c1-37(2)38(3,4)48-46(47-37)24-14-15-25(19-8-6-5-7-9-19)26(18-24)22-12-10-21-17-23(13-11-20(21)16-22)27-28-29(32(41)34(43)30(27)39)33(42)36(45)35(44)31(28)40/h5-18H,39-45H2,1-4H3. The highest BCUT2D eigenvalue weighted by molar-refractivity contribution is 6.71. The van der Waals surface area contributed by atoms with Crippen LogP contribution in [0.1, 0.15) is 27.7 Å². The minimum atomic E-state index is -0.419. The molecule has 48 heavy (non-hydrogen) atoms. The molecule has 228 valence electrons. The third-order valence-corrected chi connectivity index (χ3v) is 11.9. The number of hydrogen-bond donors (Lipinski definition) is 0. The lowest BCUT2D eigenvalue weighted by Crippen LogP contribution is -2.52. The van der Waals surface area contributed by atoms with Crippen LogP contribution in [0, 0.1) is 0 Å². The molecule has 2 nitrogen and oxygen atoms in total. The van der Waals surface area contributed by atoms with Gasteiger partial charge in [0.1, 0.15) is 54.9 Å². The molecule has 0 N–H and O–H groups in total. The van der Waals surface area contributed by atoms with Crippen LogP contribution in [0.2, 0.25) is 0 Å². The van der Waals surface area contributed by atoms with Crippen LogP contribution in [0.25, 0.3) is 54.9 Å². The number of hydrogen-bond acceptors (Lipinski definition) is 2. The summed E-state index contributed by atoms with van der Waals surface area (Å²) in [7, 11) is 15.6. The highest BCUT2D eigenvalue weighted by atomic mass is 16.7. The monoisotopic (exact) mass is 616 g/mol. The third kappa shape index (κ3) is 5.15. The summed E-state index contributed by atoms with van der Waals surface area (Å²) in [5.41, 5.74) is 17.4. The second kappa shape index (κ2) is 11.7. The van der Waals surface area contributed by atoms with E-state index in [2.05, 4.69) is 168 Å². The molecule has 0 radical (unpaired) electrons. The minimum Gasteiger partial charge on any atom is -0.399 e. The molecule has 0 unspecified atom stereocenters. The molecule has 0 aliphatic carbocycles. The molecule has 0 aromatic heterocycles. The van der Waals surface area contributed by atoms with Gasteiger partial charge in [0.05, 0.1) is 11.2 Å². The Morgan fingerprint density at radius 3 is 1.58 bits per heavy atom. The molecular formula is C38H40B8O2. The van der Waals surface area contributed by atoms with Crippen LogP contribution in [0.5, 0.6) is 0 Å². The average Bonchev–Trinajstić information content (AvgIpc) is 3.30. The van der Waals surface area contributed by atoms with Gasteiger partial charge in [-0.1, -0.05) is 94.6 Å². The fourth-order valence-electron chi connectivity index (χ4n) is 7.66. The molecule has 1 fully saturated rings. The van der Waals surface area contributed by atoms with Gasteiger partial charge in [0, 0.05) is 0 Å². The van der Waals surface area contributed by atoms with Crippen molar-refractivity contribution in [1.82, 2.24) is 0 Å². The lowest BCUT2D eigenvalue weighted by Gasteiger charge is -2.32. The second-order valence-electron chi connectivity index (χ2n) is 15.0. The Morgan fingerprint density at radius 2 is 0.979 bits per heavy atom. The summed E-state index contributed by atoms with van der Waals surface area (Å²) >= 11 is 0. The van der Waals surface area contributed by atoms with Crippen LogP contribution >= 0.6 is 0 Å². The summed E-state index contributed by atoms with van der Waals surface area (Å²) < 4.78 is 13.0. The molecule has 7 rings (SSSR count). The first-order valence-electron chi connectivity index (χ1n) is 17.3. The zero-order chi connectivity index (χ0) is 34.3. The van der Waals surface area contributed by atoms with E-state index in [1.807, 2.05) is 0 Å². The fourth-order valence-corrected chi connectivity index (χ4v) is 7.66. The minimum absolute atomic E-state index is 0.398. The maximum absolute atomic E-state index is 6.48. The van der Waals surface area contributed by atoms with Crippen molar-refractivity contribution in [1.29, 1.82) is 0 Å². The van der Waals surface area contributed by atoms with Crippen molar-refractivity contribution in [3.63, 3.8) is 0 Å². The van der Waals surface area contributed by atoms with Gasteiger partial charge in [0.15, 0.2) is 0 Å². The summed E-state index contributed by atoms with van der Waals surface area (Å²) in [6.07, 6.45) is 0. The molecule has 0 spiro atoms. The average molecular weight is 615 g/mol. The molecule has 6 aromatic rings. The van der Waals surface area contributed by atoms with Crippen molar-refractivity contribution < 1.29 is 9.31 Å². The smallest absolute Gasteiger partial charge is 0.399 e. The Balaban J connectivity index is 1.38. The highest BCUT2D eigenvalue weighted by Gasteiger charge is 2.51. The summed E-state index contributed by atoms with van der Waals surface area (Å²) in [5.74, 6) is 0. The van der Waals surface area contributed by atoms with Gasteiger partial charge in [0.25, 0.3) is 0 Å². The number of benzene rings is 6. The molecule has 1 aliphatic rings. The van der Waals surface area contributed by atoms with E-state index in [1.54, 1.807) is 0 Å². The van der Waals surface area contributed by atoms with E-state index in [4.69, 9.17) is 9.31 Å². The van der Waals surface area contributed by atoms with E-state index in [0.717, 1.165) is 5.46 Å². The number of fused-ring (bicyclic) bond motifs is 2. The Hall–Kier alpha value is -3.72. The van der Waals surface area contributed by atoms with Crippen molar-refractivity contribution in [3.05, 3.63) is 84.9 Å². The van der Waals surface area contributed by atoms with Crippen molar-refractivity contribution in [2.75, 3.05) is 0 Å². The largest absolute Gasteiger partial charge is 0.494 e. The van der Waals surface area contributed by atoms with Crippen molar-refractivity contribution >= 4 is 127 Å². The second-order valence-corrected chi connectivity index (χ2v) is 15.0. The summed E-state index contributed by atoms with van der Waals surface area (Å²) in [6, 6.07) is 31.2. The van der Waals surface area contributed by atoms with Crippen LogP contribution in [-0.4, -0.2) is 73.2 Å². The van der Waals surface area contributed by atoms with Gasteiger partial charge in [0.2, 0.25) is 0 Å². The van der Waals surface area contributed by atoms with Gasteiger partial charge in [-0.15, -0.1) is 16.4 Å². The normalized spacial score (nSPS) is 15.4. The molecule has 0 atom stereocenters. The highest BCUT2D eigenvalue weighted by Crippen LogP contribution is 2.38. The van der Waals surface area contributed by atoms with Crippen molar-refractivity contribution in [2.24, 2.45) is 0 Å². The molecule has 0 saturated carbocycles. The Labute approximate surface area is 292 Å². The van der Waals surface area contributed by atoms with Gasteiger partial charge in [-0.2, -0.15) is 0 Å². The van der Waals surface area contributed by atoms with Crippen molar-refractivity contribution in [3.8, 4) is 33.4 Å². The first-order valence-corrected chi connectivity index (χ1v) is 17.3. The van der Waals surface area contributed by atoms with E-state index in [1.165, 1.54) is 93.2 Å². The molecule has 1 saturated heterocycles. The topological polar surface area (TPSA) is 18.5 Å². The maximum Gasteiger partial charge on any atom is 0.494 e. The molecule has 0 bridgehead atoms. The fraction of sp³-hybridized carbons (Fsp3) is 0.158. The van der Waals surface area contributed by atoms with Gasteiger partial charge in [-0.25, -0.2) is 0 Å². The van der Waals surface area contributed by atoms with Crippen molar-refractivity contribution in [2.45, 2.75) is 38.9 Å².